The highest BCUT2D eigenvalue weighted by atomic mass is 32.2. The Morgan fingerprint density at radius 3 is 2.00 bits per heavy atom. The number of anilines is 2. The number of methoxy groups -OCH3 is 3. The molecule has 0 aliphatic heterocycles. The van der Waals surface area contributed by atoms with Crippen LogP contribution in [0.15, 0.2) is 41.3 Å². The van der Waals surface area contributed by atoms with Crippen LogP contribution in [0.3, 0.4) is 0 Å². The van der Waals surface area contributed by atoms with Gasteiger partial charge in [-0.3, -0.25) is 9.44 Å². The second-order valence-electron chi connectivity index (χ2n) is 5.41. The summed E-state index contributed by atoms with van der Waals surface area (Å²) in [6.45, 7) is 0. The predicted molar refractivity (Wildman–Crippen MR) is 102 cm³/mol. The highest BCUT2D eigenvalue weighted by molar-refractivity contribution is 7.93. The zero-order valence-corrected chi connectivity index (χ0v) is 16.8. The molecule has 0 saturated heterocycles. The van der Waals surface area contributed by atoms with E-state index >= 15 is 0 Å². The number of ether oxygens (including phenoxy) is 3. The molecule has 148 valence electrons. The van der Waals surface area contributed by atoms with Gasteiger partial charge < -0.3 is 14.2 Å². The van der Waals surface area contributed by atoms with Gasteiger partial charge in [0, 0.05) is 12.1 Å². The molecule has 0 aliphatic carbocycles. The minimum Gasteiger partial charge on any atom is -0.497 e. The minimum absolute atomic E-state index is 0.110. The van der Waals surface area contributed by atoms with Gasteiger partial charge in [-0.05, 0) is 24.3 Å². The van der Waals surface area contributed by atoms with E-state index in [-0.39, 0.29) is 27.8 Å². The van der Waals surface area contributed by atoms with E-state index in [1.54, 1.807) is 6.07 Å². The fraction of sp³-hybridized carbons (Fsp3) is 0.250. The van der Waals surface area contributed by atoms with Crippen LogP contribution in [-0.2, 0) is 20.0 Å². The van der Waals surface area contributed by atoms with Crippen molar-refractivity contribution in [2.24, 2.45) is 0 Å². The third-order valence-corrected chi connectivity index (χ3v) is 5.40. The number of sulfonamides is 2. The summed E-state index contributed by atoms with van der Waals surface area (Å²) < 4.78 is 68.3. The van der Waals surface area contributed by atoms with Gasteiger partial charge >= 0.3 is 0 Å². The molecule has 0 amide bonds. The lowest BCUT2D eigenvalue weighted by Crippen LogP contribution is -2.15. The van der Waals surface area contributed by atoms with Crippen molar-refractivity contribution in [2.45, 2.75) is 4.90 Å². The summed E-state index contributed by atoms with van der Waals surface area (Å²) in [7, 11) is -3.41. The summed E-state index contributed by atoms with van der Waals surface area (Å²) in [6, 6.07) is 8.54. The summed E-state index contributed by atoms with van der Waals surface area (Å²) in [5.74, 6) is 0.644. The van der Waals surface area contributed by atoms with E-state index in [2.05, 4.69) is 9.44 Å². The Labute approximate surface area is 158 Å². The van der Waals surface area contributed by atoms with E-state index in [1.807, 2.05) is 0 Å². The summed E-state index contributed by atoms with van der Waals surface area (Å²) in [4.78, 5) is -0.110. The molecule has 0 aromatic heterocycles. The quantitative estimate of drug-likeness (QED) is 0.674. The third-order valence-electron chi connectivity index (χ3n) is 3.41. The lowest BCUT2D eigenvalue weighted by molar-refractivity contribution is 0.392. The molecule has 2 aromatic rings. The normalized spacial score (nSPS) is 11.6. The van der Waals surface area contributed by atoms with Crippen LogP contribution in [0, 0.1) is 0 Å². The summed E-state index contributed by atoms with van der Waals surface area (Å²) in [6.07, 6.45) is 0.998. The summed E-state index contributed by atoms with van der Waals surface area (Å²) in [5.41, 5.74) is 0.359. The van der Waals surface area contributed by atoms with Crippen molar-refractivity contribution in [1.82, 2.24) is 0 Å². The number of hydrogen-bond acceptors (Lipinski definition) is 7. The van der Waals surface area contributed by atoms with Gasteiger partial charge in [-0.15, -0.1) is 0 Å². The molecule has 0 unspecified atom stereocenters. The molecule has 2 rings (SSSR count). The number of rotatable bonds is 8. The van der Waals surface area contributed by atoms with Crippen LogP contribution in [0.1, 0.15) is 0 Å². The van der Waals surface area contributed by atoms with Crippen molar-refractivity contribution in [2.75, 3.05) is 37.0 Å². The fourth-order valence-corrected chi connectivity index (χ4v) is 4.05. The monoisotopic (exact) mass is 416 g/mol. The summed E-state index contributed by atoms with van der Waals surface area (Å²) in [5, 5.41) is 0. The molecule has 0 heterocycles. The van der Waals surface area contributed by atoms with Crippen LogP contribution < -0.4 is 23.7 Å². The van der Waals surface area contributed by atoms with E-state index in [4.69, 9.17) is 14.2 Å². The molecule has 0 spiro atoms. The first-order chi connectivity index (χ1) is 12.6. The highest BCUT2D eigenvalue weighted by Crippen LogP contribution is 2.32. The van der Waals surface area contributed by atoms with Gasteiger partial charge in [0.2, 0.25) is 10.0 Å². The lowest BCUT2D eigenvalue weighted by Gasteiger charge is -2.15. The van der Waals surface area contributed by atoms with Crippen molar-refractivity contribution in [3.63, 3.8) is 0 Å². The smallest absolute Gasteiger partial charge is 0.265 e. The SMILES string of the molecule is COc1ccc(OC)c(S(=O)(=O)Nc2ccc(NS(C)(=O)=O)c(OC)c2)c1. The Bertz CT molecular complexity index is 1030. The standard InChI is InChI=1S/C16H20N2O7S2/c1-23-12-6-8-14(24-2)16(10-12)27(21,22)17-11-5-7-13(15(9-11)25-3)18-26(4,19)20/h5-10,17-18H,1-4H3. The minimum atomic E-state index is -4.01. The van der Waals surface area contributed by atoms with Crippen molar-refractivity contribution in [1.29, 1.82) is 0 Å². The van der Waals surface area contributed by atoms with Gasteiger partial charge in [-0.2, -0.15) is 0 Å². The van der Waals surface area contributed by atoms with E-state index in [0.29, 0.717) is 5.75 Å². The molecule has 2 N–H and O–H groups in total. The number of benzene rings is 2. The Kier molecular flexibility index (Phi) is 6.06. The maximum atomic E-state index is 12.8. The first-order valence-corrected chi connectivity index (χ1v) is 10.9. The van der Waals surface area contributed by atoms with Gasteiger partial charge in [-0.25, -0.2) is 16.8 Å². The molecule has 2 aromatic carbocycles. The number of nitrogens with one attached hydrogen (secondary N) is 2. The van der Waals surface area contributed by atoms with Crippen molar-refractivity contribution in [3.05, 3.63) is 36.4 Å². The molecule has 0 atom stereocenters. The predicted octanol–water partition coefficient (Wildman–Crippen LogP) is 1.88. The van der Waals surface area contributed by atoms with Crippen molar-refractivity contribution < 1.29 is 31.0 Å². The van der Waals surface area contributed by atoms with Gasteiger partial charge in [0.25, 0.3) is 10.0 Å². The Balaban J connectivity index is 2.41. The molecule has 11 heteroatoms. The van der Waals surface area contributed by atoms with Gasteiger partial charge in [-0.1, -0.05) is 0 Å². The Morgan fingerprint density at radius 2 is 1.44 bits per heavy atom. The highest BCUT2D eigenvalue weighted by Gasteiger charge is 2.21. The van der Waals surface area contributed by atoms with E-state index < -0.39 is 20.0 Å². The molecule has 0 fully saturated rings. The van der Waals surface area contributed by atoms with E-state index in [1.165, 1.54) is 51.7 Å². The average Bonchev–Trinajstić information content (AvgIpc) is 2.61. The molecule has 0 radical (unpaired) electrons. The fourth-order valence-electron chi connectivity index (χ4n) is 2.24. The van der Waals surface area contributed by atoms with Crippen LogP contribution in [0.2, 0.25) is 0 Å². The van der Waals surface area contributed by atoms with Crippen molar-refractivity contribution in [3.8, 4) is 17.2 Å². The van der Waals surface area contributed by atoms with Gasteiger partial charge in [0.1, 0.15) is 22.1 Å². The van der Waals surface area contributed by atoms with Crippen molar-refractivity contribution >= 4 is 31.4 Å². The zero-order valence-electron chi connectivity index (χ0n) is 15.1. The zero-order chi connectivity index (χ0) is 20.2. The van der Waals surface area contributed by atoms with Crippen LogP contribution in [0.5, 0.6) is 17.2 Å². The van der Waals surface area contributed by atoms with Gasteiger partial charge in [0.15, 0.2) is 0 Å². The first-order valence-electron chi connectivity index (χ1n) is 7.50. The van der Waals surface area contributed by atoms with Crippen LogP contribution in [0.25, 0.3) is 0 Å². The average molecular weight is 416 g/mol. The molecule has 27 heavy (non-hydrogen) atoms. The van der Waals surface area contributed by atoms with Crippen LogP contribution in [0.4, 0.5) is 11.4 Å². The molecular formula is C16H20N2O7S2. The largest absolute Gasteiger partial charge is 0.497 e. The summed E-state index contributed by atoms with van der Waals surface area (Å²) >= 11 is 0. The lowest BCUT2D eigenvalue weighted by atomic mass is 10.2. The molecule has 0 saturated carbocycles. The van der Waals surface area contributed by atoms with Gasteiger partial charge in [0.05, 0.1) is 39.0 Å². The maximum absolute atomic E-state index is 12.8. The molecular weight excluding hydrogens is 396 g/mol. The van der Waals surface area contributed by atoms with Crippen LogP contribution >= 0.6 is 0 Å². The molecule has 0 aliphatic rings. The second-order valence-corrected chi connectivity index (χ2v) is 8.81. The maximum Gasteiger partial charge on any atom is 0.265 e. The third kappa shape index (κ3) is 5.17. The Morgan fingerprint density at radius 1 is 0.778 bits per heavy atom. The topological polar surface area (TPSA) is 120 Å². The van der Waals surface area contributed by atoms with E-state index in [0.717, 1.165) is 6.26 Å². The number of hydrogen-bond donors (Lipinski definition) is 2. The first kappa shape index (κ1) is 20.6. The second kappa shape index (κ2) is 7.92. The molecule has 9 nitrogen and oxygen atoms in total. The Hall–Kier alpha value is -2.66. The van der Waals surface area contributed by atoms with Crippen LogP contribution in [-0.4, -0.2) is 44.4 Å². The molecule has 0 bridgehead atoms. The van der Waals surface area contributed by atoms with E-state index in [9.17, 15) is 16.8 Å².